The Labute approximate surface area is 141 Å². The van der Waals surface area contributed by atoms with Crippen LogP contribution in [0.15, 0.2) is 22.7 Å². The number of aliphatic imine (C=N–C) groups is 1. The van der Waals surface area contributed by atoms with Crippen LogP contribution >= 0.6 is 0 Å². The third-order valence-electron chi connectivity index (χ3n) is 4.62. The molecule has 128 valence electrons. The van der Waals surface area contributed by atoms with E-state index in [1.807, 2.05) is 37.3 Å². The van der Waals surface area contributed by atoms with Crippen molar-refractivity contribution in [1.82, 2.24) is 14.8 Å². The molecule has 0 aromatic heterocycles. The lowest BCUT2D eigenvalue weighted by molar-refractivity contribution is -0.559. The van der Waals surface area contributed by atoms with Gasteiger partial charge in [0.15, 0.2) is 0 Å². The molecule has 0 aromatic carbocycles. The first-order chi connectivity index (χ1) is 11.3. The van der Waals surface area contributed by atoms with Crippen molar-refractivity contribution in [3.8, 4) is 0 Å². The lowest BCUT2D eigenvalue weighted by atomic mass is 10.1. The number of imide groups is 1. The number of amidine groups is 1. The number of carbonyl (C=O) groups excluding carboxylic acids is 2. The SMILES string of the molecule is C=CCN1C(=O)C2C(=NC3=[N+]2C(C)C(C)=NN3C(C)C)N(C)C1=O. The summed E-state index contributed by atoms with van der Waals surface area (Å²) in [6.45, 7) is 11.8. The van der Waals surface area contributed by atoms with Gasteiger partial charge in [0.25, 0.3) is 5.91 Å². The van der Waals surface area contributed by atoms with E-state index >= 15 is 0 Å². The Bertz CT molecular complexity index is 720. The monoisotopic (exact) mass is 331 g/mol. The fourth-order valence-electron chi connectivity index (χ4n) is 3.18. The van der Waals surface area contributed by atoms with E-state index in [0.29, 0.717) is 11.8 Å². The summed E-state index contributed by atoms with van der Waals surface area (Å²) in [5, 5.41) is 6.42. The third-order valence-corrected chi connectivity index (χ3v) is 4.62. The van der Waals surface area contributed by atoms with Gasteiger partial charge in [0.05, 0.1) is 11.8 Å². The van der Waals surface area contributed by atoms with Crippen molar-refractivity contribution in [2.45, 2.75) is 45.8 Å². The molecule has 2 atom stereocenters. The average molecular weight is 331 g/mol. The molecule has 3 heterocycles. The van der Waals surface area contributed by atoms with Gasteiger partial charge in [-0.15, -0.1) is 16.7 Å². The molecule has 0 bridgehead atoms. The maximum absolute atomic E-state index is 13.0. The fraction of sp³-hybridized carbons (Fsp3) is 0.562. The van der Waals surface area contributed by atoms with E-state index in [4.69, 9.17) is 0 Å². The van der Waals surface area contributed by atoms with Gasteiger partial charge >= 0.3 is 12.0 Å². The molecule has 1 saturated heterocycles. The number of urea groups is 1. The van der Waals surface area contributed by atoms with Crippen molar-refractivity contribution in [3.05, 3.63) is 12.7 Å². The standard InChI is InChI=1S/C16H23N6O2/c1-7-8-20-14(23)12-13(19(6)16(20)24)17-15-21(12)11(5)10(4)18-22(15)9(2)3/h7,9,11-12H,1,8H2,2-6H3/q+1. The van der Waals surface area contributed by atoms with E-state index in [-0.39, 0.29) is 30.6 Å². The van der Waals surface area contributed by atoms with Crippen LogP contribution in [-0.4, -0.2) is 80.5 Å². The third kappa shape index (κ3) is 2.09. The lowest BCUT2D eigenvalue weighted by Gasteiger charge is -2.35. The predicted molar refractivity (Wildman–Crippen MR) is 91.1 cm³/mol. The summed E-state index contributed by atoms with van der Waals surface area (Å²) in [5.41, 5.74) is 0.909. The second-order valence-electron chi connectivity index (χ2n) is 6.51. The number of hydrazone groups is 1. The summed E-state index contributed by atoms with van der Waals surface area (Å²) < 4.78 is 1.96. The molecule has 0 saturated carbocycles. The van der Waals surface area contributed by atoms with Crippen molar-refractivity contribution in [2.75, 3.05) is 13.6 Å². The van der Waals surface area contributed by atoms with E-state index in [0.717, 1.165) is 5.71 Å². The molecule has 0 radical (unpaired) electrons. The highest BCUT2D eigenvalue weighted by atomic mass is 16.2. The number of hydrogen-bond donors (Lipinski definition) is 0. The first-order valence-corrected chi connectivity index (χ1v) is 8.07. The molecular formula is C16H23N6O2+. The summed E-state index contributed by atoms with van der Waals surface area (Å²) in [6.07, 6.45) is 1.55. The second-order valence-corrected chi connectivity index (χ2v) is 6.51. The van der Waals surface area contributed by atoms with Crippen LogP contribution in [0.1, 0.15) is 27.7 Å². The van der Waals surface area contributed by atoms with E-state index < -0.39 is 6.04 Å². The number of carbonyl (C=O) groups is 2. The molecule has 1 fully saturated rings. The Kier molecular flexibility index (Phi) is 3.77. The van der Waals surface area contributed by atoms with Crippen LogP contribution in [0.5, 0.6) is 0 Å². The number of amides is 3. The maximum atomic E-state index is 13.0. The quantitative estimate of drug-likeness (QED) is 0.565. The van der Waals surface area contributed by atoms with Gasteiger partial charge in [-0.1, -0.05) is 11.1 Å². The number of guanidine groups is 1. The molecule has 3 amide bonds. The first-order valence-electron chi connectivity index (χ1n) is 8.07. The molecule has 8 nitrogen and oxygen atoms in total. The fourth-order valence-corrected chi connectivity index (χ4v) is 3.18. The van der Waals surface area contributed by atoms with E-state index in [2.05, 4.69) is 16.7 Å². The smallest absolute Gasteiger partial charge is 0.270 e. The Morgan fingerprint density at radius 1 is 1.38 bits per heavy atom. The molecule has 2 unspecified atom stereocenters. The largest absolute Gasteiger partial charge is 0.417 e. The molecule has 3 aliphatic heterocycles. The molecule has 8 heteroatoms. The van der Waals surface area contributed by atoms with Gasteiger partial charge in [0.2, 0.25) is 11.9 Å². The van der Waals surface area contributed by atoms with Crippen LogP contribution in [0.2, 0.25) is 0 Å². The van der Waals surface area contributed by atoms with Crippen molar-refractivity contribution >= 4 is 29.4 Å². The Balaban J connectivity index is 2.11. The number of rotatable bonds is 3. The summed E-state index contributed by atoms with van der Waals surface area (Å²) in [6, 6.07) is -0.965. The number of fused-ring (bicyclic) bond motifs is 2. The molecular weight excluding hydrogens is 308 g/mol. The van der Waals surface area contributed by atoms with E-state index in [1.165, 1.54) is 9.80 Å². The predicted octanol–water partition coefficient (Wildman–Crippen LogP) is 0.704. The van der Waals surface area contributed by atoms with Crippen LogP contribution < -0.4 is 0 Å². The maximum Gasteiger partial charge on any atom is 0.417 e. The summed E-state index contributed by atoms with van der Waals surface area (Å²) in [4.78, 5) is 32.7. The van der Waals surface area contributed by atoms with Gasteiger partial charge < -0.3 is 0 Å². The molecule has 3 aliphatic rings. The van der Waals surface area contributed by atoms with E-state index in [1.54, 1.807) is 13.1 Å². The number of hydrogen-bond acceptors (Lipinski definition) is 5. The highest BCUT2D eigenvalue weighted by Gasteiger charge is 2.56. The Morgan fingerprint density at radius 2 is 2.04 bits per heavy atom. The van der Waals surface area contributed by atoms with Gasteiger partial charge in [-0.25, -0.2) is 9.37 Å². The lowest BCUT2D eigenvalue weighted by Crippen LogP contribution is -2.64. The van der Waals surface area contributed by atoms with Crippen molar-refractivity contribution in [3.63, 3.8) is 0 Å². The zero-order chi connectivity index (χ0) is 17.8. The summed E-state index contributed by atoms with van der Waals surface area (Å²) >= 11 is 0. The Hall–Kier alpha value is -2.51. The average Bonchev–Trinajstić information content (AvgIpc) is 2.93. The zero-order valence-electron chi connectivity index (χ0n) is 14.7. The summed E-state index contributed by atoms with van der Waals surface area (Å²) in [7, 11) is 1.65. The van der Waals surface area contributed by atoms with Crippen molar-refractivity contribution in [1.29, 1.82) is 0 Å². The molecule has 0 aliphatic carbocycles. The Morgan fingerprint density at radius 3 is 2.62 bits per heavy atom. The van der Waals surface area contributed by atoms with Crippen LogP contribution in [0.25, 0.3) is 0 Å². The highest BCUT2D eigenvalue weighted by molar-refractivity contribution is 6.23. The minimum absolute atomic E-state index is 0.0719. The van der Waals surface area contributed by atoms with Crippen molar-refractivity contribution < 1.29 is 14.2 Å². The van der Waals surface area contributed by atoms with Crippen molar-refractivity contribution in [2.24, 2.45) is 10.1 Å². The number of likely N-dealkylation sites (N-methyl/N-ethyl adjacent to an activating group) is 1. The van der Waals surface area contributed by atoms with Gasteiger partial charge in [0.1, 0.15) is 6.04 Å². The minimum Gasteiger partial charge on any atom is -0.270 e. The van der Waals surface area contributed by atoms with Crippen LogP contribution in [0.3, 0.4) is 0 Å². The second kappa shape index (κ2) is 5.54. The topological polar surface area (TPSA) is 71.6 Å². The molecule has 0 aromatic rings. The van der Waals surface area contributed by atoms with E-state index in [9.17, 15) is 9.59 Å². The normalized spacial score (nSPS) is 26.7. The number of nitrogens with zero attached hydrogens (tertiary/aromatic N) is 6. The van der Waals surface area contributed by atoms with Crippen LogP contribution in [0.4, 0.5) is 4.79 Å². The molecule has 24 heavy (non-hydrogen) atoms. The van der Waals surface area contributed by atoms with Crippen LogP contribution in [-0.2, 0) is 4.79 Å². The molecule has 3 rings (SSSR count). The zero-order valence-corrected chi connectivity index (χ0v) is 14.7. The van der Waals surface area contributed by atoms with Gasteiger partial charge in [-0.3, -0.25) is 14.6 Å². The minimum atomic E-state index is -0.607. The van der Waals surface area contributed by atoms with Gasteiger partial charge in [-0.05, 0) is 27.7 Å². The van der Waals surface area contributed by atoms with Gasteiger partial charge in [0, 0.05) is 13.6 Å². The first kappa shape index (κ1) is 16.4. The summed E-state index contributed by atoms with van der Waals surface area (Å²) in [5.74, 6) is 0.816. The molecule has 0 N–H and O–H groups in total. The molecule has 0 spiro atoms. The highest BCUT2D eigenvalue weighted by Crippen LogP contribution is 2.26. The van der Waals surface area contributed by atoms with Crippen LogP contribution in [0, 0.1) is 0 Å². The van der Waals surface area contributed by atoms with Gasteiger partial charge in [-0.2, -0.15) is 0 Å².